The molecule has 0 fully saturated rings. The van der Waals surface area contributed by atoms with E-state index in [1.165, 1.54) is 128 Å². The van der Waals surface area contributed by atoms with Crippen LogP contribution in [0.5, 0.6) is 0 Å². The first-order chi connectivity index (χ1) is 16.0. The van der Waals surface area contributed by atoms with Crippen molar-refractivity contribution in [3.8, 4) is 0 Å². The molecule has 0 aromatic heterocycles. The molecule has 0 aromatic carbocycles. The van der Waals surface area contributed by atoms with E-state index < -0.39 is 0 Å². The Hall–Kier alpha value is -0.0400. The molecule has 0 aromatic rings. The van der Waals surface area contributed by atoms with Crippen LogP contribution in [0.4, 0.5) is 0 Å². The average Bonchev–Trinajstić information content (AvgIpc) is 2.84. The Morgan fingerprint density at radius 3 is 0.909 bits per heavy atom. The van der Waals surface area contributed by atoms with Crippen molar-refractivity contribution in [3.63, 3.8) is 0 Å². The van der Waals surface area contributed by atoms with Crippen LogP contribution in [0.1, 0.15) is 184 Å². The molecule has 200 valence electrons. The van der Waals surface area contributed by atoms with E-state index in [9.17, 15) is 0 Å². The van der Waals surface area contributed by atoms with Crippen LogP contribution in [0.25, 0.3) is 0 Å². The van der Waals surface area contributed by atoms with E-state index >= 15 is 0 Å². The lowest BCUT2D eigenvalue weighted by atomic mass is 9.71. The highest BCUT2D eigenvalue weighted by atomic mass is 16.5. The van der Waals surface area contributed by atoms with Crippen LogP contribution in [0.15, 0.2) is 0 Å². The molecule has 1 nitrogen and oxygen atoms in total. The van der Waals surface area contributed by atoms with Crippen LogP contribution in [-0.2, 0) is 4.74 Å². The zero-order valence-electron chi connectivity index (χ0n) is 24.7. The van der Waals surface area contributed by atoms with E-state index in [-0.39, 0.29) is 11.2 Å². The lowest BCUT2D eigenvalue weighted by Gasteiger charge is -2.51. The summed E-state index contributed by atoms with van der Waals surface area (Å²) in [6.45, 7) is 19.1. The van der Waals surface area contributed by atoms with Gasteiger partial charge in [0.1, 0.15) is 0 Å². The molecule has 1 heteroatoms. The zero-order valence-corrected chi connectivity index (χ0v) is 24.7. The van der Waals surface area contributed by atoms with E-state index in [1.807, 2.05) is 0 Å². The molecule has 0 saturated carbocycles. The molecule has 2 unspecified atom stereocenters. The molecule has 0 N–H and O–H groups in total. The van der Waals surface area contributed by atoms with Crippen molar-refractivity contribution in [1.29, 1.82) is 0 Å². The van der Waals surface area contributed by atoms with E-state index in [0.717, 1.165) is 11.8 Å². The van der Waals surface area contributed by atoms with E-state index in [2.05, 4.69) is 55.4 Å². The third kappa shape index (κ3) is 11.5. The Bertz CT molecular complexity index is 365. The topological polar surface area (TPSA) is 9.23 Å². The highest BCUT2D eigenvalue weighted by Crippen LogP contribution is 2.47. The van der Waals surface area contributed by atoms with Crippen LogP contribution in [-0.4, -0.2) is 11.2 Å². The highest BCUT2D eigenvalue weighted by molar-refractivity contribution is 4.96. The zero-order chi connectivity index (χ0) is 25.0. The van der Waals surface area contributed by atoms with E-state index in [0.29, 0.717) is 0 Å². The molecule has 2 atom stereocenters. The maximum atomic E-state index is 7.84. The molecule has 0 heterocycles. The summed E-state index contributed by atoms with van der Waals surface area (Å²) in [7, 11) is 0. The average molecular weight is 467 g/mol. The minimum atomic E-state index is 0.0702. The molecule has 0 amide bonds. The SMILES string of the molecule is CCCCC(CCCC)C(CC)(CCCC)OC(CC)(CCCC)C(CCCC)CCCC. The fraction of sp³-hybridized carbons (Fsp3) is 1.00. The van der Waals surface area contributed by atoms with Gasteiger partial charge in [0.25, 0.3) is 0 Å². The molecule has 0 aliphatic heterocycles. The summed E-state index contributed by atoms with van der Waals surface area (Å²) >= 11 is 0. The van der Waals surface area contributed by atoms with Crippen molar-refractivity contribution in [2.24, 2.45) is 11.8 Å². The summed E-state index contributed by atoms with van der Waals surface area (Å²) in [4.78, 5) is 0. The molecular formula is C32H66O. The van der Waals surface area contributed by atoms with Crippen LogP contribution in [0, 0.1) is 11.8 Å². The van der Waals surface area contributed by atoms with E-state index in [4.69, 9.17) is 4.74 Å². The minimum Gasteiger partial charge on any atom is -0.368 e. The molecule has 0 radical (unpaired) electrons. The Labute approximate surface area is 211 Å². The normalized spacial score (nSPS) is 15.8. The van der Waals surface area contributed by atoms with Crippen molar-refractivity contribution in [2.75, 3.05) is 0 Å². The van der Waals surface area contributed by atoms with Gasteiger partial charge in [-0.1, -0.05) is 132 Å². The Balaban J connectivity index is 6.36. The van der Waals surface area contributed by atoms with Gasteiger partial charge >= 0.3 is 0 Å². The lowest BCUT2D eigenvalue weighted by Crippen LogP contribution is -2.52. The van der Waals surface area contributed by atoms with Gasteiger partial charge in [-0.3, -0.25) is 0 Å². The Morgan fingerprint density at radius 1 is 0.424 bits per heavy atom. The summed E-state index contributed by atoms with van der Waals surface area (Å²) in [5, 5.41) is 0. The second kappa shape index (κ2) is 20.2. The number of hydrogen-bond acceptors (Lipinski definition) is 1. The first-order valence-corrected chi connectivity index (χ1v) is 15.7. The quantitative estimate of drug-likeness (QED) is 0.137. The van der Waals surface area contributed by atoms with Gasteiger partial charge in [-0.25, -0.2) is 0 Å². The predicted molar refractivity (Wildman–Crippen MR) is 151 cm³/mol. The second-order valence-electron chi connectivity index (χ2n) is 11.1. The molecule has 0 aliphatic rings. The van der Waals surface area contributed by atoms with Crippen LogP contribution >= 0.6 is 0 Å². The first kappa shape index (κ1) is 33.0. The highest BCUT2D eigenvalue weighted by Gasteiger charge is 2.46. The summed E-state index contributed by atoms with van der Waals surface area (Å²) < 4.78 is 7.84. The van der Waals surface area contributed by atoms with Crippen molar-refractivity contribution in [2.45, 2.75) is 195 Å². The lowest BCUT2D eigenvalue weighted by molar-refractivity contribution is -0.220. The fourth-order valence-electron chi connectivity index (χ4n) is 6.25. The van der Waals surface area contributed by atoms with Crippen LogP contribution in [0.3, 0.4) is 0 Å². The summed E-state index contributed by atoms with van der Waals surface area (Å²) in [5.74, 6) is 1.44. The predicted octanol–water partition coefficient (Wildman–Crippen LogP) is 11.7. The van der Waals surface area contributed by atoms with Crippen molar-refractivity contribution in [3.05, 3.63) is 0 Å². The monoisotopic (exact) mass is 467 g/mol. The Morgan fingerprint density at radius 2 is 0.697 bits per heavy atom. The smallest absolute Gasteiger partial charge is 0.0715 e. The Kier molecular flexibility index (Phi) is 20.2. The fourth-order valence-corrected chi connectivity index (χ4v) is 6.25. The maximum absolute atomic E-state index is 7.84. The second-order valence-corrected chi connectivity index (χ2v) is 11.1. The maximum Gasteiger partial charge on any atom is 0.0715 e. The standard InChI is InChI=1S/C32H66O/c1-9-17-23-29(24-18-10-2)31(15-7,27-21-13-5)33-32(16-8,28-22-14-6)30(25-19-11-3)26-20-12-4/h29-30H,9-28H2,1-8H3. The van der Waals surface area contributed by atoms with Crippen LogP contribution in [0.2, 0.25) is 0 Å². The first-order valence-electron chi connectivity index (χ1n) is 15.7. The molecular weight excluding hydrogens is 400 g/mol. The molecule has 0 spiro atoms. The van der Waals surface area contributed by atoms with Gasteiger partial charge in [0.2, 0.25) is 0 Å². The molecule has 33 heavy (non-hydrogen) atoms. The van der Waals surface area contributed by atoms with Gasteiger partial charge < -0.3 is 4.74 Å². The molecule has 0 aliphatic carbocycles. The van der Waals surface area contributed by atoms with Gasteiger partial charge in [-0.15, -0.1) is 0 Å². The van der Waals surface area contributed by atoms with Crippen LogP contribution < -0.4 is 0 Å². The summed E-state index contributed by atoms with van der Waals surface area (Å²) in [5.41, 5.74) is 0.140. The number of ether oxygens (including phenoxy) is 1. The molecule has 0 saturated heterocycles. The van der Waals surface area contributed by atoms with E-state index in [1.54, 1.807) is 0 Å². The van der Waals surface area contributed by atoms with Crippen molar-refractivity contribution < 1.29 is 4.74 Å². The number of unbranched alkanes of at least 4 members (excludes halogenated alkanes) is 6. The number of hydrogen-bond donors (Lipinski definition) is 0. The minimum absolute atomic E-state index is 0.0702. The molecule has 0 rings (SSSR count). The summed E-state index contributed by atoms with van der Waals surface area (Å²) in [6, 6.07) is 0. The van der Waals surface area contributed by atoms with Gasteiger partial charge in [0, 0.05) is 0 Å². The summed E-state index contributed by atoms with van der Waals surface area (Å²) in [6.07, 6.45) is 26.2. The van der Waals surface area contributed by atoms with Gasteiger partial charge in [0.15, 0.2) is 0 Å². The van der Waals surface area contributed by atoms with Crippen molar-refractivity contribution >= 4 is 0 Å². The number of rotatable bonds is 24. The third-order valence-corrected chi connectivity index (χ3v) is 8.62. The van der Waals surface area contributed by atoms with Gasteiger partial charge in [-0.2, -0.15) is 0 Å². The largest absolute Gasteiger partial charge is 0.368 e. The van der Waals surface area contributed by atoms with Crippen molar-refractivity contribution in [1.82, 2.24) is 0 Å². The molecule has 0 bridgehead atoms. The third-order valence-electron chi connectivity index (χ3n) is 8.62. The van der Waals surface area contributed by atoms with Gasteiger partial charge in [-0.05, 0) is 63.2 Å². The van der Waals surface area contributed by atoms with Gasteiger partial charge in [0.05, 0.1) is 11.2 Å².